The summed E-state index contributed by atoms with van der Waals surface area (Å²) < 4.78 is 55.9. The second-order valence-electron chi connectivity index (χ2n) is 9.96. The third-order valence-corrected chi connectivity index (χ3v) is 9.18. The molecule has 1 heterocycles. The Balaban J connectivity index is 1.61. The van der Waals surface area contributed by atoms with Crippen molar-refractivity contribution in [3.63, 3.8) is 0 Å². The summed E-state index contributed by atoms with van der Waals surface area (Å²) in [6.07, 6.45) is 2.51. The van der Waals surface area contributed by atoms with E-state index in [1.54, 1.807) is 38.5 Å². The summed E-state index contributed by atoms with van der Waals surface area (Å²) in [4.78, 5) is 0.160. The summed E-state index contributed by atoms with van der Waals surface area (Å²) in [6, 6.07) is 6.71. The number of hydrogen-bond acceptors (Lipinski definition) is 7. The molecule has 3 atom stereocenters. The highest BCUT2D eigenvalue weighted by atomic mass is 32.2. The third-order valence-electron chi connectivity index (χ3n) is 7.89. The summed E-state index contributed by atoms with van der Waals surface area (Å²) in [7, 11) is -0.627. The van der Waals surface area contributed by atoms with Gasteiger partial charge in [0.15, 0.2) is 17.3 Å². The summed E-state index contributed by atoms with van der Waals surface area (Å²) in [5.41, 5.74) is 5.09. The molecule has 2 aromatic carbocycles. The van der Waals surface area contributed by atoms with Gasteiger partial charge in [-0.05, 0) is 56.2 Å². The second kappa shape index (κ2) is 9.07. The fourth-order valence-electron chi connectivity index (χ4n) is 6.33. The van der Waals surface area contributed by atoms with Crippen LogP contribution in [0.2, 0.25) is 0 Å². The van der Waals surface area contributed by atoms with Gasteiger partial charge in [0.1, 0.15) is 0 Å². The maximum absolute atomic E-state index is 13.0. The van der Waals surface area contributed by atoms with Crippen LogP contribution < -0.4 is 9.47 Å². The molecule has 8 heteroatoms. The van der Waals surface area contributed by atoms with Crippen molar-refractivity contribution >= 4 is 10.1 Å². The van der Waals surface area contributed by atoms with Gasteiger partial charge in [0.2, 0.25) is 0 Å². The Morgan fingerprint density at radius 1 is 0.971 bits per heavy atom. The van der Waals surface area contributed by atoms with Crippen LogP contribution in [0.3, 0.4) is 0 Å². The second-order valence-corrected chi connectivity index (χ2v) is 11.6. The van der Waals surface area contributed by atoms with Crippen molar-refractivity contribution in [2.45, 2.75) is 62.6 Å². The average molecular weight is 503 g/mol. The van der Waals surface area contributed by atoms with E-state index in [4.69, 9.17) is 23.1 Å². The molecule has 0 N–H and O–H groups in total. The van der Waals surface area contributed by atoms with Crippen molar-refractivity contribution in [2.24, 2.45) is 5.92 Å². The molecule has 3 aliphatic rings. The minimum Gasteiger partial charge on any atom is -0.493 e. The van der Waals surface area contributed by atoms with E-state index in [0.717, 1.165) is 47.1 Å². The predicted molar refractivity (Wildman–Crippen MR) is 131 cm³/mol. The van der Waals surface area contributed by atoms with E-state index < -0.39 is 15.9 Å². The number of ether oxygens (including phenoxy) is 4. The number of benzene rings is 2. The monoisotopic (exact) mass is 502 g/mol. The van der Waals surface area contributed by atoms with E-state index in [1.165, 1.54) is 0 Å². The highest BCUT2D eigenvalue weighted by molar-refractivity contribution is 7.86. The third kappa shape index (κ3) is 3.95. The van der Waals surface area contributed by atoms with E-state index in [2.05, 4.69) is 6.92 Å². The highest BCUT2D eigenvalue weighted by Gasteiger charge is 2.52. The minimum absolute atomic E-state index is 0.0288. The molecule has 5 rings (SSSR count). The molecule has 0 unspecified atom stereocenters. The molecule has 0 amide bonds. The molecule has 2 aliphatic carbocycles. The number of aryl methyl sites for hydroxylation is 1. The van der Waals surface area contributed by atoms with Crippen molar-refractivity contribution in [1.29, 1.82) is 0 Å². The van der Waals surface area contributed by atoms with Crippen molar-refractivity contribution in [3.8, 4) is 11.5 Å². The Morgan fingerprint density at radius 2 is 1.63 bits per heavy atom. The molecule has 1 spiro atoms. The quantitative estimate of drug-likeness (QED) is 0.518. The molecule has 0 aromatic heterocycles. The molecule has 1 aliphatic heterocycles. The fourth-order valence-corrected chi connectivity index (χ4v) is 7.28. The Kier molecular flexibility index (Phi) is 6.36. The zero-order valence-electron chi connectivity index (χ0n) is 21.1. The van der Waals surface area contributed by atoms with E-state index >= 15 is 0 Å². The van der Waals surface area contributed by atoms with Crippen LogP contribution in [0.5, 0.6) is 11.5 Å². The lowest BCUT2D eigenvalue weighted by Gasteiger charge is -2.47. The molecule has 190 valence electrons. The number of hydrogen-bond donors (Lipinski definition) is 0. The molecular weight excluding hydrogens is 468 g/mol. The smallest absolute Gasteiger partial charge is 0.296 e. The van der Waals surface area contributed by atoms with Gasteiger partial charge in [-0.2, -0.15) is 8.42 Å². The van der Waals surface area contributed by atoms with E-state index in [1.807, 2.05) is 13.8 Å². The lowest BCUT2D eigenvalue weighted by atomic mass is 9.63. The lowest BCUT2D eigenvalue weighted by Crippen LogP contribution is -2.41. The normalized spacial score (nSPS) is 24.9. The van der Waals surface area contributed by atoms with Gasteiger partial charge in [0, 0.05) is 29.0 Å². The Labute approximate surface area is 207 Å². The SMILES string of the molecule is COc1c(C)c2c3c(c1OC)[C@@H](COS(=O)(=O)c1ccc(C)cc1)CC[C@@H]3[C@@H](C)CC21OCCO1. The van der Waals surface area contributed by atoms with Crippen molar-refractivity contribution in [1.82, 2.24) is 0 Å². The zero-order chi connectivity index (χ0) is 25.0. The summed E-state index contributed by atoms with van der Waals surface area (Å²) in [5.74, 6) is 0.962. The molecule has 0 radical (unpaired) electrons. The molecule has 7 nitrogen and oxygen atoms in total. The first-order chi connectivity index (χ1) is 16.7. The van der Waals surface area contributed by atoms with Gasteiger partial charge in [-0.3, -0.25) is 4.18 Å². The number of rotatable bonds is 6. The maximum atomic E-state index is 13.0. The molecule has 0 saturated carbocycles. The van der Waals surface area contributed by atoms with E-state index in [-0.39, 0.29) is 17.4 Å². The van der Waals surface area contributed by atoms with Crippen LogP contribution in [0.4, 0.5) is 0 Å². The van der Waals surface area contributed by atoms with Gasteiger partial charge in [-0.15, -0.1) is 0 Å². The summed E-state index contributed by atoms with van der Waals surface area (Å²) >= 11 is 0. The Morgan fingerprint density at radius 3 is 2.26 bits per heavy atom. The number of methoxy groups -OCH3 is 2. The van der Waals surface area contributed by atoms with Gasteiger partial charge in [-0.1, -0.05) is 24.6 Å². The molecule has 2 aromatic rings. The van der Waals surface area contributed by atoms with Gasteiger partial charge in [-0.25, -0.2) is 0 Å². The zero-order valence-corrected chi connectivity index (χ0v) is 21.9. The average Bonchev–Trinajstić information content (AvgIpc) is 3.29. The summed E-state index contributed by atoms with van der Waals surface area (Å²) in [6.45, 7) is 7.30. The first-order valence-electron chi connectivity index (χ1n) is 12.2. The maximum Gasteiger partial charge on any atom is 0.296 e. The first-order valence-corrected chi connectivity index (χ1v) is 13.7. The Bertz CT molecular complexity index is 1210. The molecule has 1 saturated heterocycles. The van der Waals surface area contributed by atoms with Gasteiger partial charge >= 0.3 is 0 Å². The number of fused-ring (bicyclic) bond motifs is 1. The van der Waals surface area contributed by atoms with Crippen LogP contribution in [0, 0.1) is 19.8 Å². The molecule has 1 fully saturated rings. The van der Waals surface area contributed by atoms with Crippen molar-refractivity contribution in [2.75, 3.05) is 34.0 Å². The topological polar surface area (TPSA) is 80.3 Å². The van der Waals surface area contributed by atoms with E-state index in [0.29, 0.717) is 36.5 Å². The molecular formula is C27H34O7S. The van der Waals surface area contributed by atoms with Crippen LogP contribution in [0.15, 0.2) is 29.2 Å². The van der Waals surface area contributed by atoms with Gasteiger partial charge in [0.05, 0.1) is 38.9 Å². The molecule has 35 heavy (non-hydrogen) atoms. The fraction of sp³-hybridized carbons (Fsp3) is 0.556. The van der Waals surface area contributed by atoms with Crippen LogP contribution in [-0.4, -0.2) is 42.5 Å². The van der Waals surface area contributed by atoms with Gasteiger partial charge in [0.25, 0.3) is 10.1 Å². The lowest BCUT2D eigenvalue weighted by molar-refractivity contribution is -0.186. The first kappa shape index (κ1) is 24.6. The summed E-state index contributed by atoms with van der Waals surface area (Å²) in [5, 5.41) is 0. The molecule has 0 bridgehead atoms. The largest absolute Gasteiger partial charge is 0.493 e. The minimum atomic E-state index is -3.89. The van der Waals surface area contributed by atoms with E-state index in [9.17, 15) is 8.42 Å². The standard InChI is InChI=1S/C27H34O7S/c1-16-6-9-20(10-7-16)35(28,29)34-15-19-8-11-21-17(2)14-27(32-12-13-33-27)24-18(3)25(30-4)26(31-5)22(19)23(21)24/h6-7,9-10,17,19,21H,8,11-15H2,1-5H3/t17-,19+,21+/m0/s1. The van der Waals surface area contributed by atoms with Crippen LogP contribution >= 0.6 is 0 Å². The predicted octanol–water partition coefficient (Wildman–Crippen LogP) is 4.93. The van der Waals surface area contributed by atoms with Crippen LogP contribution in [0.25, 0.3) is 0 Å². The van der Waals surface area contributed by atoms with Crippen LogP contribution in [0.1, 0.15) is 65.8 Å². The van der Waals surface area contributed by atoms with Crippen molar-refractivity contribution < 1.29 is 31.5 Å². The van der Waals surface area contributed by atoms with Gasteiger partial charge < -0.3 is 18.9 Å². The highest BCUT2D eigenvalue weighted by Crippen LogP contribution is 2.60. The Hall–Kier alpha value is -2.13. The van der Waals surface area contributed by atoms with Crippen LogP contribution in [-0.2, 0) is 29.6 Å². The van der Waals surface area contributed by atoms with Crippen molar-refractivity contribution in [3.05, 3.63) is 52.1 Å².